The second-order valence-electron chi connectivity index (χ2n) is 5.25. The Hall–Kier alpha value is -1.35. The average molecular weight is 292 g/mol. The van der Waals surface area contributed by atoms with Crippen molar-refractivity contribution in [1.29, 1.82) is 0 Å². The summed E-state index contributed by atoms with van der Waals surface area (Å²) in [6, 6.07) is 5.14. The summed E-state index contributed by atoms with van der Waals surface area (Å²) in [4.78, 5) is 0.233. The van der Waals surface area contributed by atoms with Crippen LogP contribution in [0.2, 0.25) is 0 Å². The van der Waals surface area contributed by atoms with Gasteiger partial charge in [0, 0.05) is 11.6 Å². The smallest absolute Gasteiger partial charge is 0.242 e. The summed E-state index contributed by atoms with van der Waals surface area (Å²) in [5, 5.41) is 0. The predicted octanol–water partition coefficient (Wildman–Crippen LogP) is 1.38. The maximum absolute atomic E-state index is 12.5. The van der Waals surface area contributed by atoms with E-state index in [0.717, 1.165) is 18.4 Å². The Morgan fingerprint density at radius 1 is 1.45 bits per heavy atom. The first-order valence-electron chi connectivity index (χ1n) is 6.76. The van der Waals surface area contributed by atoms with Gasteiger partial charge in [0.25, 0.3) is 0 Å². The fraction of sp³-hybridized carbons (Fsp3) is 0.467. The van der Waals surface area contributed by atoms with Crippen LogP contribution in [0, 0.1) is 24.7 Å². The lowest BCUT2D eigenvalue weighted by Gasteiger charge is -2.14. The molecule has 0 aromatic heterocycles. The van der Waals surface area contributed by atoms with Crippen LogP contribution >= 0.6 is 0 Å². The van der Waals surface area contributed by atoms with Gasteiger partial charge >= 0.3 is 0 Å². The molecule has 5 heteroatoms. The van der Waals surface area contributed by atoms with Crippen LogP contribution in [-0.2, 0) is 10.0 Å². The van der Waals surface area contributed by atoms with Gasteiger partial charge in [0.05, 0.1) is 11.4 Å². The molecule has 1 aliphatic rings. The van der Waals surface area contributed by atoms with E-state index >= 15 is 0 Å². The van der Waals surface area contributed by atoms with Gasteiger partial charge in [0.15, 0.2) is 0 Å². The van der Waals surface area contributed by atoms with Gasteiger partial charge in [-0.2, -0.15) is 0 Å². The van der Waals surface area contributed by atoms with Crippen LogP contribution in [0.3, 0.4) is 0 Å². The van der Waals surface area contributed by atoms with Crippen molar-refractivity contribution in [3.05, 3.63) is 29.3 Å². The molecule has 1 saturated carbocycles. The summed E-state index contributed by atoms with van der Waals surface area (Å²) in [5.74, 6) is 6.03. The van der Waals surface area contributed by atoms with Gasteiger partial charge in [-0.05, 0) is 50.3 Å². The van der Waals surface area contributed by atoms with Crippen molar-refractivity contribution in [3.63, 3.8) is 0 Å². The van der Waals surface area contributed by atoms with Crippen molar-refractivity contribution < 1.29 is 8.42 Å². The van der Waals surface area contributed by atoms with Crippen LogP contribution in [0.1, 0.15) is 30.9 Å². The van der Waals surface area contributed by atoms with Crippen molar-refractivity contribution in [2.75, 3.05) is 6.54 Å². The molecule has 0 saturated heterocycles. The Labute approximate surface area is 120 Å². The third kappa shape index (κ3) is 3.60. The minimum absolute atomic E-state index is 0.0309. The summed E-state index contributed by atoms with van der Waals surface area (Å²) >= 11 is 0. The third-order valence-corrected chi connectivity index (χ3v) is 5.04. The van der Waals surface area contributed by atoms with E-state index in [1.807, 2.05) is 13.8 Å². The SMILES string of the molecule is Cc1ccc(S(=O)(=O)NC(C)C2CC2)c(C#CCN)c1. The van der Waals surface area contributed by atoms with Crippen molar-refractivity contribution in [2.45, 2.75) is 37.6 Å². The van der Waals surface area contributed by atoms with E-state index in [1.54, 1.807) is 18.2 Å². The number of aryl methyl sites for hydroxylation is 1. The lowest BCUT2D eigenvalue weighted by Crippen LogP contribution is -2.34. The lowest BCUT2D eigenvalue weighted by molar-refractivity contribution is 0.538. The largest absolute Gasteiger partial charge is 0.320 e. The number of hydrogen-bond acceptors (Lipinski definition) is 3. The Morgan fingerprint density at radius 2 is 2.15 bits per heavy atom. The highest BCUT2D eigenvalue weighted by Crippen LogP contribution is 2.33. The Bertz CT molecular complexity index is 652. The summed E-state index contributed by atoms with van der Waals surface area (Å²) < 4.78 is 27.7. The number of sulfonamides is 1. The van der Waals surface area contributed by atoms with E-state index in [4.69, 9.17) is 5.73 Å². The van der Waals surface area contributed by atoms with Gasteiger partial charge in [0.2, 0.25) is 10.0 Å². The highest BCUT2D eigenvalue weighted by molar-refractivity contribution is 7.89. The van der Waals surface area contributed by atoms with Gasteiger partial charge < -0.3 is 5.73 Å². The fourth-order valence-corrected chi connectivity index (χ4v) is 3.58. The number of nitrogens with two attached hydrogens (primary N) is 1. The van der Waals surface area contributed by atoms with Crippen molar-refractivity contribution in [3.8, 4) is 11.8 Å². The molecular weight excluding hydrogens is 272 g/mol. The lowest BCUT2D eigenvalue weighted by atomic mass is 10.1. The Balaban J connectivity index is 2.34. The van der Waals surface area contributed by atoms with Crippen molar-refractivity contribution in [1.82, 2.24) is 4.72 Å². The Morgan fingerprint density at radius 3 is 2.75 bits per heavy atom. The molecule has 0 spiro atoms. The molecule has 0 radical (unpaired) electrons. The van der Waals surface area contributed by atoms with Crippen LogP contribution in [0.25, 0.3) is 0 Å². The van der Waals surface area contributed by atoms with Gasteiger partial charge in [-0.1, -0.05) is 17.9 Å². The molecular formula is C15H20N2O2S. The summed E-state index contributed by atoms with van der Waals surface area (Å²) in [6.07, 6.45) is 2.19. The van der Waals surface area contributed by atoms with Crippen LogP contribution < -0.4 is 10.5 Å². The summed E-state index contributed by atoms with van der Waals surface area (Å²) in [6.45, 7) is 4.03. The maximum Gasteiger partial charge on any atom is 0.242 e. The van der Waals surface area contributed by atoms with Crippen molar-refractivity contribution in [2.24, 2.45) is 11.7 Å². The minimum atomic E-state index is -3.54. The van der Waals surface area contributed by atoms with E-state index in [1.165, 1.54) is 0 Å². The molecule has 1 aromatic rings. The number of rotatable bonds is 4. The fourth-order valence-electron chi connectivity index (χ4n) is 2.12. The molecule has 1 fully saturated rings. The number of benzene rings is 1. The van der Waals surface area contributed by atoms with Gasteiger partial charge in [0.1, 0.15) is 0 Å². The molecule has 2 rings (SSSR count). The number of nitrogens with one attached hydrogen (secondary N) is 1. The molecule has 108 valence electrons. The van der Waals surface area contributed by atoms with E-state index < -0.39 is 10.0 Å². The maximum atomic E-state index is 12.5. The highest BCUT2D eigenvalue weighted by Gasteiger charge is 2.31. The first-order chi connectivity index (χ1) is 9.44. The molecule has 0 heterocycles. The minimum Gasteiger partial charge on any atom is -0.320 e. The molecule has 3 N–H and O–H groups in total. The highest BCUT2D eigenvalue weighted by atomic mass is 32.2. The first-order valence-corrected chi connectivity index (χ1v) is 8.24. The second-order valence-corrected chi connectivity index (χ2v) is 6.94. The topological polar surface area (TPSA) is 72.2 Å². The first kappa shape index (κ1) is 15.0. The van der Waals surface area contributed by atoms with E-state index in [2.05, 4.69) is 16.6 Å². The predicted molar refractivity (Wildman–Crippen MR) is 79.6 cm³/mol. The molecule has 0 bridgehead atoms. The third-order valence-electron chi connectivity index (χ3n) is 3.42. The summed E-state index contributed by atoms with van der Waals surface area (Å²) in [7, 11) is -3.54. The average Bonchev–Trinajstić information content (AvgIpc) is 3.19. The standard InChI is InChI=1S/C15H20N2O2S/c1-11-5-8-15(14(10-11)4-3-9-16)20(18,19)17-12(2)13-6-7-13/h5,8,10,12-13,17H,6-7,9,16H2,1-2H3. The molecule has 4 nitrogen and oxygen atoms in total. The zero-order valence-corrected chi connectivity index (χ0v) is 12.6. The molecule has 1 unspecified atom stereocenters. The van der Waals surface area contributed by atoms with Gasteiger partial charge in [-0.15, -0.1) is 0 Å². The molecule has 20 heavy (non-hydrogen) atoms. The second kappa shape index (κ2) is 5.96. The van der Waals surface area contributed by atoms with Gasteiger partial charge in [-0.25, -0.2) is 13.1 Å². The van der Waals surface area contributed by atoms with Gasteiger partial charge in [-0.3, -0.25) is 0 Å². The molecule has 0 amide bonds. The summed E-state index contributed by atoms with van der Waals surface area (Å²) in [5.41, 5.74) is 6.84. The zero-order valence-electron chi connectivity index (χ0n) is 11.8. The molecule has 1 atom stereocenters. The van der Waals surface area contributed by atoms with E-state index in [-0.39, 0.29) is 17.5 Å². The normalized spacial score (nSPS) is 16.4. The number of hydrogen-bond donors (Lipinski definition) is 2. The monoisotopic (exact) mass is 292 g/mol. The van der Waals surface area contributed by atoms with E-state index in [9.17, 15) is 8.42 Å². The molecule has 1 aliphatic carbocycles. The molecule has 0 aliphatic heterocycles. The Kier molecular flexibility index (Phi) is 4.48. The van der Waals surface area contributed by atoms with Crippen LogP contribution in [0.4, 0.5) is 0 Å². The quantitative estimate of drug-likeness (QED) is 0.824. The van der Waals surface area contributed by atoms with E-state index in [0.29, 0.717) is 11.5 Å². The molecule has 1 aromatic carbocycles. The zero-order chi connectivity index (χ0) is 14.8. The van der Waals surface area contributed by atoms with Crippen LogP contribution in [-0.4, -0.2) is 21.0 Å². The van der Waals surface area contributed by atoms with Crippen LogP contribution in [0.5, 0.6) is 0 Å². The van der Waals surface area contributed by atoms with Crippen LogP contribution in [0.15, 0.2) is 23.1 Å². The van der Waals surface area contributed by atoms with Crippen molar-refractivity contribution >= 4 is 10.0 Å².